The van der Waals surface area contributed by atoms with Gasteiger partial charge in [-0.2, -0.15) is 0 Å². The van der Waals surface area contributed by atoms with Crippen molar-refractivity contribution < 1.29 is 9.53 Å². The molecule has 8 heteroatoms. The number of ether oxygens (including phenoxy) is 1. The van der Waals surface area contributed by atoms with Gasteiger partial charge in [-0.05, 0) is 44.0 Å². The lowest BCUT2D eigenvalue weighted by Crippen LogP contribution is -2.56. The normalized spacial score (nSPS) is 18.9. The van der Waals surface area contributed by atoms with Crippen LogP contribution in [0.4, 0.5) is 5.95 Å². The molecule has 1 aliphatic heterocycles. The van der Waals surface area contributed by atoms with E-state index in [1.807, 2.05) is 52.9 Å². The maximum Gasteiger partial charge on any atom is 0.226 e. The van der Waals surface area contributed by atoms with E-state index in [1.165, 1.54) is 6.42 Å². The zero-order valence-corrected chi connectivity index (χ0v) is 19.5. The molecule has 3 heterocycles. The highest BCUT2D eigenvalue weighted by Crippen LogP contribution is 2.32. The fourth-order valence-electron chi connectivity index (χ4n) is 5.08. The maximum atomic E-state index is 12.9. The lowest BCUT2D eigenvalue weighted by Gasteiger charge is -2.43. The second kappa shape index (κ2) is 8.27. The van der Waals surface area contributed by atoms with Gasteiger partial charge in [0.1, 0.15) is 5.75 Å². The average molecular weight is 457 g/mol. The van der Waals surface area contributed by atoms with Crippen molar-refractivity contribution >= 4 is 28.4 Å². The lowest BCUT2D eigenvalue weighted by atomic mass is 9.84. The van der Waals surface area contributed by atoms with Gasteiger partial charge in [0.15, 0.2) is 11.5 Å². The second-order valence-corrected chi connectivity index (χ2v) is 9.30. The largest absolute Gasteiger partial charge is 0.497 e. The van der Waals surface area contributed by atoms with Crippen LogP contribution in [0.25, 0.3) is 27.9 Å². The molecule has 8 nitrogen and oxygen atoms in total. The standard InChI is InChI=1S/C26H28N6O2/c1-17-16-30(13-14-31(17)25(33)18-7-5-8-18)26-27-22-12-4-3-11-21(22)24-29-28-23(32(24)26)19-9-6-10-20(15-19)34-2/h3-4,6,9-12,15,17-18H,5,7-8,13-14,16H2,1-2H3. The van der Waals surface area contributed by atoms with Gasteiger partial charge in [0, 0.05) is 42.5 Å². The van der Waals surface area contributed by atoms with Gasteiger partial charge in [-0.1, -0.05) is 30.7 Å². The summed E-state index contributed by atoms with van der Waals surface area (Å²) in [5.41, 5.74) is 2.58. The van der Waals surface area contributed by atoms with Crippen molar-refractivity contribution in [3.05, 3.63) is 48.5 Å². The molecule has 1 unspecified atom stereocenters. The van der Waals surface area contributed by atoms with Crippen LogP contribution in [0.3, 0.4) is 0 Å². The van der Waals surface area contributed by atoms with Gasteiger partial charge in [0.05, 0.1) is 12.6 Å². The molecule has 1 aliphatic carbocycles. The van der Waals surface area contributed by atoms with Crippen LogP contribution in [-0.2, 0) is 4.79 Å². The van der Waals surface area contributed by atoms with Crippen molar-refractivity contribution in [2.24, 2.45) is 5.92 Å². The minimum absolute atomic E-state index is 0.113. The molecule has 2 aromatic carbocycles. The molecule has 0 radical (unpaired) electrons. The number of methoxy groups -OCH3 is 1. The molecule has 2 aliphatic rings. The molecule has 34 heavy (non-hydrogen) atoms. The fourth-order valence-corrected chi connectivity index (χ4v) is 5.08. The van der Waals surface area contributed by atoms with Crippen LogP contribution < -0.4 is 9.64 Å². The third kappa shape index (κ3) is 3.36. The quantitative estimate of drug-likeness (QED) is 0.465. The molecule has 4 aromatic rings. The van der Waals surface area contributed by atoms with Crippen molar-refractivity contribution in [2.45, 2.75) is 32.2 Å². The Morgan fingerprint density at radius 2 is 1.91 bits per heavy atom. The molecule has 0 N–H and O–H groups in total. The number of anilines is 1. The van der Waals surface area contributed by atoms with Crippen LogP contribution >= 0.6 is 0 Å². The van der Waals surface area contributed by atoms with Crippen molar-refractivity contribution in [2.75, 3.05) is 31.6 Å². The number of piperazine rings is 1. The van der Waals surface area contributed by atoms with E-state index >= 15 is 0 Å². The van der Waals surface area contributed by atoms with Crippen LogP contribution in [0, 0.1) is 5.92 Å². The first-order valence-electron chi connectivity index (χ1n) is 12.0. The minimum Gasteiger partial charge on any atom is -0.497 e. The zero-order valence-electron chi connectivity index (χ0n) is 19.5. The molecule has 174 valence electrons. The van der Waals surface area contributed by atoms with Crippen LogP contribution in [-0.4, -0.2) is 63.2 Å². The zero-order chi connectivity index (χ0) is 23.2. The Morgan fingerprint density at radius 3 is 2.68 bits per heavy atom. The third-order valence-corrected chi connectivity index (χ3v) is 7.20. The van der Waals surface area contributed by atoms with Gasteiger partial charge in [-0.3, -0.25) is 4.79 Å². The average Bonchev–Trinajstić information content (AvgIpc) is 3.28. The lowest BCUT2D eigenvalue weighted by molar-refractivity contribution is -0.140. The van der Waals surface area contributed by atoms with E-state index in [-0.39, 0.29) is 12.0 Å². The van der Waals surface area contributed by atoms with Crippen LogP contribution in [0.2, 0.25) is 0 Å². The first-order chi connectivity index (χ1) is 16.6. The Morgan fingerprint density at radius 1 is 1.06 bits per heavy atom. The van der Waals surface area contributed by atoms with Crippen LogP contribution in [0.5, 0.6) is 5.75 Å². The molecule has 0 bridgehead atoms. The number of carbonyl (C=O) groups excluding carboxylic acids is 1. The summed E-state index contributed by atoms with van der Waals surface area (Å²) in [6, 6.07) is 16.0. The summed E-state index contributed by atoms with van der Waals surface area (Å²) in [6.45, 7) is 4.27. The predicted octanol–water partition coefficient (Wildman–Crippen LogP) is 3.79. The molecule has 1 atom stereocenters. The van der Waals surface area contributed by atoms with E-state index in [4.69, 9.17) is 9.72 Å². The van der Waals surface area contributed by atoms with E-state index < -0.39 is 0 Å². The first-order valence-corrected chi connectivity index (χ1v) is 12.0. The number of rotatable bonds is 4. The highest BCUT2D eigenvalue weighted by Gasteiger charge is 2.35. The van der Waals surface area contributed by atoms with Crippen molar-refractivity contribution in [1.29, 1.82) is 0 Å². The number of aromatic nitrogens is 4. The van der Waals surface area contributed by atoms with E-state index in [9.17, 15) is 4.79 Å². The molecule has 1 saturated carbocycles. The molecule has 2 aromatic heterocycles. The van der Waals surface area contributed by atoms with E-state index in [0.717, 1.165) is 59.0 Å². The minimum atomic E-state index is 0.113. The first kappa shape index (κ1) is 20.9. The maximum absolute atomic E-state index is 12.9. The van der Waals surface area contributed by atoms with Gasteiger partial charge in [0.2, 0.25) is 11.9 Å². The van der Waals surface area contributed by atoms with Gasteiger partial charge >= 0.3 is 0 Å². The summed E-state index contributed by atoms with van der Waals surface area (Å²) < 4.78 is 7.49. The molecule has 1 amide bonds. The number of benzene rings is 2. The number of fused-ring (bicyclic) bond motifs is 3. The van der Waals surface area contributed by atoms with Gasteiger partial charge < -0.3 is 14.5 Å². The Bertz CT molecular complexity index is 1380. The molecule has 6 rings (SSSR count). The summed E-state index contributed by atoms with van der Waals surface area (Å²) in [4.78, 5) is 22.3. The summed E-state index contributed by atoms with van der Waals surface area (Å²) in [5, 5.41) is 10.1. The summed E-state index contributed by atoms with van der Waals surface area (Å²) in [6.07, 6.45) is 3.23. The van der Waals surface area contributed by atoms with Gasteiger partial charge in [-0.15, -0.1) is 10.2 Å². The molecular weight excluding hydrogens is 428 g/mol. The van der Waals surface area contributed by atoms with Gasteiger partial charge in [0.25, 0.3) is 0 Å². The second-order valence-electron chi connectivity index (χ2n) is 9.30. The predicted molar refractivity (Wildman–Crippen MR) is 131 cm³/mol. The topological polar surface area (TPSA) is 75.9 Å². The smallest absolute Gasteiger partial charge is 0.226 e. The van der Waals surface area contributed by atoms with Gasteiger partial charge in [-0.25, -0.2) is 9.38 Å². The molecule has 2 fully saturated rings. The van der Waals surface area contributed by atoms with Crippen LogP contribution in [0.1, 0.15) is 26.2 Å². The summed E-state index contributed by atoms with van der Waals surface area (Å²) in [7, 11) is 1.66. The monoisotopic (exact) mass is 456 g/mol. The fraction of sp³-hybridized carbons (Fsp3) is 0.385. The van der Waals surface area contributed by atoms with E-state index in [2.05, 4.69) is 26.9 Å². The van der Waals surface area contributed by atoms with E-state index in [0.29, 0.717) is 19.0 Å². The Hall–Kier alpha value is -3.68. The Labute approximate surface area is 198 Å². The number of amides is 1. The SMILES string of the molecule is COc1cccc(-c2nnc3c4ccccc4nc(N4CCN(C(=O)C5CCC5)C(C)C4)n23)c1. The van der Waals surface area contributed by atoms with Crippen molar-refractivity contribution in [3.8, 4) is 17.1 Å². The van der Waals surface area contributed by atoms with Crippen molar-refractivity contribution in [3.63, 3.8) is 0 Å². The van der Waals surface area contributed by atoms with Crippen molar-refractivity contribution in [1.82, 2.24) is 24.5 Å². The molecule has 1 saturated heterocycles. The highest BCUT2D eigenvalue weighted by molar-refractivity contribution is 5.93. The van der Waals surface area contributed by atoms with E-state index in [1.54, 1.807) is 7.11 Å². The molecule has 0 spiro atoms. The van der Waals surface area contributed by atoms with Crippen LogP contribution in [0.15, 0.2) is 48.5 Å². The Balaban J connectivity index is 1.44. The number of carbonyl (C=O) groups is 1. The number of hydrogen-bond donors (Lipinski definition) is 0. The number of para-hydroxylation sites is 1. The Kier molecular flexibility index (Phi) is 5.08. The summed E-state index contributed by atoms with van der Waals surface area (Å²) >= 11 is 0. The highest BCUT2D eigenvalue weighted by atomic mass is 16.5. The summed E-state index contributed by atoms with van der Waals surface area (Å²) in [5.74, 6) is 2.83. The number of hydrogen-bond acceptors (Lipinski definition) is 6. The number of nitrogens with zero attached hydrogens (tertiary/aromatic N) is 6. The third-order valence-electron chi connectivity index (χ3n) is 7.20. The molecular formula is C26H28N6O2.